The van der Waals surface area contributed by atoms with E-state index in [1.807, 2.05) is 0 Å². The van der Waals surface area contributed by atoms with Crippen molar-refractivity contribution in [1.29, 1.82) is 0 Å². The SMILES string of the molecule is Cc1cc(C)c(N2C=CN(c3c(C)cc(C)cc3C)C2=C2C(Cl)CCCC2(Cl)P(=CC=Cc2ccccc2)(C2CCCCC2)C2CCCCC2)c(C)c1. The van der Waals surface area contributed by atoms with Crippen molar-refractivity contribution in [3.8, 4) is 0 Å². The molecule has 3 aliphatic carbocycles. The van der Waals surface area contributed by atoms with E-state index in [1.54, 1.807) is 0 Å². The van der Waals surface area contributed by atoms with Crippen molar-refractivity contribution in [2.45, 2.75) is 146 Å². The van der Waals surface area contributed by atoms with Gasteiger partial charge in [0.15, 0.2) is 0 Å². The normalized spacial score (nSPS) is 23.4. The lowest BCUT2D eigenvalue weighted by atomic mass is 9.91. The first-order valence-corrected chi connectivity index (χ1v) is 23.3. The van der Waals surface area contributed by atoms with Crippen molar-refractivity contribution >= 4 is 53.3 Å². The molecule has 0 aromatic heterocycles. The van der Waals surface area contributed by atoms with Gasteiger partial charge in [-0.2, -0.15) is 0 Å². The van der Waals surface area contributed by atoms with Crippen LogP contribution in [0.3, 0.4) is 0 Å². The largest absolute Gasteiger partial charge is 0.301 e. The number of rotatable bonds is 7. The van der Waals surface area contributed by atoms with Gasteiger partial charge in [-0.15, -0.1) is 23.2 Å². The Bertz CT molecular complexity index is 1810. The number of nitrogens with zero attached hydrogens (tertiary/aromatic N) is 2. The van der Waals surface area contributed by atoms with Gasteiger partial charge in [-0.25, -0.2) is 0 Å². The van der Waals surface area contributed by atoms with Crippen LogP contribution in [-0.2, 0) is 0 Å². The van der Waals surface area contributed by atoms with E-state index in [1.165, 1.54) is 126 Å². The molecule has 2 unspecified atom stereocenters. The molecule has 0 saturated heterocycles. The topological polar surface area (TPSA) is 6.48 Å². The zero-order valence-corrected chi connectivity index (χ0v) is 35.5. The minimum atomic E-state index is -2.09. The van der Waals surface area contributed by atoms with Crippen LogP contribution in [0.1, 0.15) is 122 Å². The highest BCUT2D eigenvalue weighted by Crippen LogP contribution is 2.77. The molecule has 0 spiro atoms. The van der Waals surface area contributed by atoms with E-state index in [-0.39, 0.29) is 5.38 Å². The molecule has 0 N–H and O–H groups in total. The van der Waals surface area contributed by atoms with Crippen LogP contribution in [0.25, 0.3) is 6.08 Å². The standard InChI is InChI=1S/C48H61Cl2N2P/c1-34-30-36(3)45(37(4)31-34)51-27-28-52(46-38(5)32-35(2)33-39(46)6)47(51)44-43(49)25-16-26-48(44,50)53(41-21-12-8-13-22-41,42-23-14-9-15-24-42)29-17-20-40-18-10-7-11-19-40/h7,10-11,17-20,27-33,41-43H,8-9,12-16,21-26H2,1-6H3. The van der Waals surface area contributed by atoms with Gasteiger partial charge in [-0.3, -0.25) is 0 Å². The van der Waals surface area contributed by atoms with E-state index in [2.05, 4.69) is 136 Å². The smallest absolute Gasteiger partial charge is 0.124 e. The molecule has 1 aliphatic heterocycles. The summed E-state index contributed by atoms with van der Waals surface area (Å²) in [5, 5.41) is -0.156. The Labute approximate surface area is 331 Å². The first kappa shape index (κ1) is 38.6. The predicted octanol–water partition coefficient (Wildman–Crippen LogP) is 14.5. The predicted molar refractivity (Wildman–Crippen MR) is 237 cm³/mol. The molecule has 3 aromatic carbocycles. The molecular weight excluding hydrogens is 706 g/mol. The fourth-order valence-electron chi connectivity index (χ4n) is 11.0. The highest BCUT2D eigenvalue weighted by atomic mass is 35.5. The minimum absolute atomic E-state index is 0.156. The molecule has 4 aliphatic rings. The Hall–Kier alpha value is -2.64. The number of benzene rings is 3. The Morgan fingerprint density at radius 1 is 0.642 bits per heavy atom. The number of aryl methyl sites for hydroxylation is 6. The molecule has 2 nitrogen and oxygen atoms in total. The lowest BCUT2D eigenvalue weighted by molar-refractivity contribution is 0.469. The van der Waals surface area contributed by atoms with Crippen molar-refractivity contribution in [3.05, 3.63) is 123 Å². The maximum Gasteiger partial charge on any atom is 0.124 e. The van der Waals surface area contributed by atoms with Gasteiger partial charge in [0.1, 0.15) is 5.82 Å². The van der Waals surface area contributed by atoms with Gasteiger partial charge in [0, 0.05) is 18.0 Å². The van der Waals surface area contributed by atoms with E-state index in [0.717, 1.165) is 19.3 Å². The van der Waals surface area contributed by atoms with Crippen LogP contribution < -0.4 is 9.80 Å². The van der Waals surface area contributed by atoms with Crippen LogP contribution in [0.2, 0.25) is 0 Å². The molecule has 3 fully saturated rings. The van der Waals surface area contributed by atoms with E-state index >= 15 is 0 Å². The second-order valence-electron chi connectivity index (χ2n) is 16.7. The molecule has 0 amide bonds. The summed E-state index contributed by atoms with van der Waals surface area (Å²) >= 11 is 16.9. The van der Waals surface area contributed by atoms with Crippen LogP contribution in [-0.4, -0.2) is 27.1 Å². The van der Waals surface area contributed by atoms with Gasteiger partial charge in [-0.05, 0) is 126 Å². The first-order valence-electron chi connectivity index (χ1n) is 20.5. The fourth-order valence-corrected chi connectivity index (χ4v) is 19.4. The van der Waals surface area contributed by atoms with Gasteiger partial charge in [-0.1, -0.05) is 129 Å². The molecule has 1 heterocycles. The summed E-state index contributed by atoms with van der Waals surface area (Å²) < 4.78 is -0.556. The lowest BCUT2D eigenvalue weighted by Gasteiger charge is -2.56. The Balaban J connectivity index is 1.56. The summed E-state index contributed by atoms with van der Waals surface area (Å²) in [6.45, 7) is 11.4. The van der Waals surface area contributed by atoms with Crippen molar-refractivity contribution in [3.63, 3.8) is 0 Å². The average molecular weight is 768 g/mol. The van der Waals surface area contributed by atoms with E-state index in [0.29, 0.717) is 11.3 Å². The Morgan fingerprint density at radius 2 is 1.11 bits per heavy atom. The zero-order chi connectivity index (χ0) is 37.3. The summed E-state index contributed by atoms with van der Waals surface area (Å²) in [6.07, 6.45) is 25.4. The van der Waals surface area contributed by atoms with Crippen LogP contribution in [0.5, 0.6) is 0 Å². The quantitative estimate of drug-likeness (QED) is 0.175. The number of hydrogen-bond donors (Lipinski definition) is 0. The van der Waals surface area contributed by atoms with E-state index in [4.69, 9.17) is 23.2 Å². The Morgan fingerprint density at radius 3 is 1.58 bits per heavy atom. The van der Waals surface area contributed by atoms with Crippen LogP contribution in [0, 0.1) is 41.5 Å². The molecule has 0 radical (unpaired) electrons. The second-order valence-corrected chi connectivity index (χ2v) is 22.4. The van der Waals surface area contributed by atoms with Gasteiger partial charge < -0.3 is 9.80 Å². The van der Waals surface area contributed by atoms with Crippen LogP contribution >= 0.6 is 30.1 Å². The zero-order valence-electron chi connectivity index (χ0n) is 33.1. The number of halogens is 2. The third-order valence-corrected chi connectivity index (χ3v) is 20.4. The minimum Gasteiger partial charge on any atom is -0.301 e. The Kier molecular flexibility index (Phi) is 11.8. The molecule has 2 atom stereocenters. The van der Waals surface area contributed by atoms with E-state index < -0.39 is 11.5 Å². The monoisotopic (exact) mass is 766 g/mol. The highest BCUT2D eigenvalue weighted by molar-refractivity contribution is 7.79. The molecule has 53 heavy (non-hydrogen) atoms. The van der Waals surface area contributed by atoms with Crippen molar-refractivity contribution in [1.82, 2.24) is 0 Å². The third kappa shape index (κ3) is 7.28. The maximum absolute atomic E-state index is 8.96. The van der Waals surface area contributed by atoms with Crippen LogP contribution in [0.4, 0.5) is 11.4 Å². The average Bonchev–Trinajstić information content (AvgIpc) is 3.53. The molecule has 7 rings (SSSR count). The number of allylic oxidation sites excluding steroid dienone is 2. The lowest BCUT2D eigenvalue weighted by Crippen LogP contribution is -2.45. The summed E-state index contributed by atoms with van der Waals surface area (Å²) in [5.74, 6) is 3.94. The van der Waals surface area contributed by atoms with E-state index in [9.17, 15) is 0 Å². The molecule has 5 heteroatoms. The summed E-state index contributed by atoms with van der Waals surface area (Å²) in [5.41, 5.74) is 14.0. The van der Waals surface area contributed by atoms with Gasteiger partial charge in [0.05, 0.1) is 21.4 Å². The highest BCUT2D eigenvalue weighted by Gasteiger charge is 2.57. The molecule has 282 valence electrons. The second kappa shape index (κ2) is 16.2. The van der Waals surface area contributed by atoms with Crippen molar-refractivity contribution in [2.75, 3.05) is 9.80 Å². The molecule has 0 bridgehead atoms. The number of anilines is 2. The summed E-state index contributed by atoms with van der Waals surface area (Å²) in [7, 11) is 0. The summed E-state index contributed by atoms with van der Waals surface area (Å²) in [6, 6.07) is 20.2. The van der Waals surface area contributed by atoms with Crippen molar-refractivity contribution in [2.24, 2.45) is 0 Å². The van der Waals surface area contributed by atoms with Gasteiger partial charge in [0.25, 0.3) is 0 Å². The van der Waals surface area contributed by atoms with Crippen molar-refractivity contribution < 1.29 is 0 Å². The van der Waals surface area contributed by atoms with Gasteiger partial charge in [0.2, 0.25) is 0 Å². The fraction of sp³-hybridized carbons (Fsp3) is 0.479. The van der Waals surface area contributed by atoms with Crippen LogP contribution in [0.15, 0.2) is 84.5 Å². The number of alkyl halides is 2. The van der Waals surface area contributed by atoms with Gasteiger partial charge >= 0.3 is 0 Å². The molecule has 3 saturated carbocycles. The maximum atomic E-state index is 8.96. The first-order chi connectivity index (χ1) is 25.5. The number of hydrogen-bond acceptors (Lipinski definition) is 2. The molecule has 3 aromatic rings. The third-order valence-electron chi connectivity index (χ3n) is 12.9. The summed E-state index contributed by atoms with van der Waals surface area (Å²) in [4.78, 5) is 4.98. The molecular formula is C48H61Cl2N2P.